The van der Waals surface area contributed by atoms with E-state index in [0.29, 0.717) is 19.1 Å². The molecular weight excluding hydrogens is 280 g/mol. The van der Waals surface area contributed by atoms with E-state index in [4.69, 9.17) is 4.74 Å². The van der Waals surface area contributed by atoms with Gasteiger partial charge in [0.15, 0.2) is 0 Å². The van der Waals surface area contributed by atoms with Gasteiger partial charge in [-0.05, 0) is 37.3 Å². The quantitative estimate of drug-likeness (QED) is 0.751. The molecule has 22 heavy (non-hydrogen) atoms. The van der Waals surface area contributed by atoms with Gasteiger partial charge in [0.05, 0.1) is 13.1 Å². The Bertz CT molecular complexity index is 537. The molecule has 1 aliphatic carbocycles. The molecule has 2 atom stereocenters. The number of carbonyl (C=O) groups excluding carboxylic acids is 2. The number of hydrogen-bond acceptors (Lipinski definition) is 3. The van der Waals surface area contributed by atoms with E-state index in [1.165, 1.54) is 0 Å². The lowest BCUT2D eigenvalue weighted by Gasteiger charge is -2.12. The van der Waals surface area contributed by atoms with Gasteiger partial charge in [0.1, 0.15) is 12.4 Å². The highest BCUT2D eigenvalue weighted by atomic mass is 16.5. The molecule has 0 bridgehead atoms. The monoisotopic (exact) mass is 304 g/mol. The SMILES string of the molecule is Cc1cccc(C)c1OCCNC(=O)CNC(=O)[C@@H]1C[C@H]1C. The van der Waals surface area contributed by atoms with Crippen molar-refractivity contribution in [1.82, 2.24) is 10.6 Å². The predicted octanol–water partition coefficient (Wildman–Crippen LogP) is 1.57. The first-order valence-corrected chi connectivity index (χ1v) is 7.72. The third kappa shape index (κ3) is 4.48. The van der Waals surface area contributed by atoms with E-state index in [-0.39, 0.29) is 24.3 Å². The van der Waals surface area contributed by atoms with E-state index in [1.807, 2.05) is 39.0 Å². The van der Waals surface area contributed by atoms with Crippen LogP contribution in [0.25, 0.3) is 0 Å². The summed E-state index contributed by atoms with van der Waals surface area (Å²) in [6.45, 7) is 6.89. The van der Waals surface area contributed by atoms with Crippen molar-refractivity contribution in [3.8, 4) is 5.75 Å². The van der Waals surface area contributed by atoms with Crippen LogP contribution in [-0.4, -0.2) is 31.5 Å². The molecule has 1 fully saturated rings. The summed E-state index contributed by atoms with van der Waals surface area (Å²) in [6.07, 6.45) is 0.928. The van der Waals surface area contributed by atoms with Crippen LogP contribution in [0.2, 0.25) is 0 Å². The summed E-state index contributed by atoms with van der Waals surface area (Å²) >= 11 is 0. The largest absolute Gasteiger partial charge is 0.491 e. The van der Waals surface area contributed by atoms with Crippen molar-refractivity contribution >= 4 is 11.8 Å². The molecule has 0 unspecified atom stereocenters. The second-order valence-corrected chi connectivity index (χ2v) is 5.96. The fourth-order valence-corrected chi connectivity index (χ4v) is 2.42. The summed E-state index contributed by atoms with van der Waals surface area (Å²) in [6, 6.07) is 5.98. The van der Waals surface area contributed by atoms with E-state index in [1.54, 1.807) is 0 Å². The van der Waals surface area contributed by atoms with Crippen LogP contribution in [0.3, 0.4) is 0 Å². The highest BCUT2D eigenvalue weighted by Gasteiger charge is 2.38. The van der Waals surface area contributed by atoms with Crippen molar-refractivity contribution in [2.24, 2.45) is 11.8 Å². The van der Waals surface area contributed by atoms with Crippen LogP contribution in [-0.2, 0) is 9.59 Å². The molecule has 1 saturated carbocycles. The Morgan fingerprint density at radius 3 is 2.45 bits per heavy atom. The highest BCUT2D eigenvalue weighted by Crippen LogP contribution is 2.37. The molecule has 0 spiro atoms. The van der Waals surface area contributed by atoms with Crippen molar-refractivity contribution in [2.45, 2.75) is 27.2 Å². The van der Waals surface area contributed by atoms with Gasteiger partial charge in [-0.25, -0.2) is 0 Å². The zero-order valence-corrected chi connectivity index (χ0v) is 13.4. The van der Waals surface area contributed by atoms with Gasteiger partial charge in [-0.15, -0.1) is 0 Å². The third-order valence-electron chi connectivity index (χ3n) is 3.95. The molecule has 0 saturated heterocycles. The molecule has 1 aliphatic rings. The molecule has 1 aromatic carbocycles. The molecule has 120 valence electrons. The number of benzene rings is 1. The molecule has 0 radical (unpaired) electrons. The Kier molecular flexibility index (Phi) is 5.41. The Hall–Kier alpha value is -2.04. The molecule has 2 amide bonds. The molecular formula is C17H24N2O3. The number of hydrogen-bond donors (Lipinski definition) is 2. The van der Waals surface area contributed by atoms with Crippen LogP contribution >= 0.6 is 0 Å². The van der Waals surface area contributed by atoms with E-state index in [0.717, 1.165) is 23.3 Å². The van der Waals surface area contributed by atoms with Gasteiger partial charge in [0.25, 0.3) is 0 Å². The Morgan fingerprint density at radius 2 is 1.86 bits per heavy atom. The lowest BCUT2D eigenvalue weighted by atomic mass is 10.1. The predicted molar refractivity (Wildman–Crippen MR) is 84.7 cm³/mol. The fraction of sp³-hybridized carbons (Fsp3) is 0.529. The average Bonchev–Trinajstić information content (AvgIpc) is 3.20. The number of carbonyl (C=O) groups is 2. The van der Waals surface area contributed by atoms with Crippen LogP contribution < -0.4 is 15.4 Å². The number of aryl methyl sites for hydroxylation is 2. The molecule has 0 aliphatic heterocycles. The maximum atomic E-state index is 11.6. The number of ether oxygens (including phenoxy) is 1. The molecule has 2 rings (SSSR count). The minimum absolute atomic E-state index is 0.0190. The van der Waals surface area contributed by atoms with E-state index in [2.05, 4.69) is 10.6 Å². The van der Waals surface area contributed by atoms with Gasteiger partial charge >= 0.3 is 0 Å². The first-order chi connectivity index (χ1) is 10.5. The minimum atomic E-state index is -0.188. The Balaban J connectivity index is 1.62. The molecule has 1 aromatic rings. The summed E-state index contributed by atoms with van der Waals surface area (Å²) in [5.74, 6) is 1.21. The van der Waals surface area contributed by atoms with E-state index < -0.39 is 0 Å². The van der Waals surface area contributed by atoms with Crippen molar-refractivity contribution in [3.05, 3.63) is 29.3 Å². The smallest absolute Gasteiger partial charge is 0.239 e. The molecule has 0 aromatic heterocycles. The topological polar surface area (TPSA) is 67.4 Å². The van der Waals surface area contributed by atoms with Gasteiger partial charge in [0, 0.05) is 5.92 Å². The average molecular weight is 304 g/mol. The van der Waals surface area contributed by atoms with Crippen molar-refractivity contribution in [3.63, 3.8) is 0 Å². The lowest BCUT2D eigenvalue weighted by Crippen LogP contribution is -2.39. The summed E-state index contributed by atoms with van der Waals surface area (Å²) < 4.78 is 5.70. The maximum Gasteiger partial charge on any atom is 0.239 e. The second-order valence-electron chi connectivity index (χ2n) is 5.96. The summed E-state index contributed by atoms with van der Waals surface area (Å²) in [5.41, 5.74) is 2.16. The molecule has 0 heterocycles. The van der Waals surface area contributed by atoms with Crippen LogP contribution in [0.5, 0.6) is 5.75 Å². The maximum absolute atomic E-state index is 11.6. The van der Waals surface area contributed by atoms with Crippen molar-refractivity contribution in [2.75, 3.05) is 19.7 Å². The zero-order valence-electron chi connectivity index (χ0n) is 13.4. The summed E-state index contributed by atoms with van der Waals surface area (Å²) in [7, 11) is 0. The van der Waals surface area contributed by atoms with Gasteiger partial charge < -0.3 is 15.4 Å². The second kappa shape index (κ2) is 7.29. The van der Waals surface area contributed by atoms with Crippen LogP contribution in [0.1, 0.15) is 24.5 Å². The zero-order chi connectivity index (χ0) is 16.1. The minimum Gasteiger partial charge on any atom is -0.491 e. The third-order valence-corrected chi connectivity index (χ3v) is 3.95. The molecule has 5 heteroatoms. The standard InChI is InChI=1S/C17H24N2O3/c1-11-5-4-6-12(2)16(11)22-8-7-18-15(20)10-19-17(21)14-9-13(14)3/h4-6,13-14H,7-10H2,1-3H3,(H,18,20)(H,19,21)/t13-,14-/m1/s1. The molecule has 2 N–H and O–H groups in total. The van der Waals surface area contributed by atoms with Crippen molar-refractivity contribution < 1.29 is 14.3 Å². The first kappa shape index (κ1) is 16.3. The Labute approximate surface area is 131 Å². The fourth-order valence-electron chi connectivity index (χ4n) is 2.42. The number of para-hydroxylation sites is 1. The van der Waals surface area contributed by atoms with E-state index in [9.17, 15) is 9.59 Å². The number of nitrogens with one attached hydrogen (secondary N) is 2. The van der Waals surface area contributed by atoms with Crippen LogP contribution in [0, 0.1) is 25.7 Å². The normalized spacial score (nSPS) is 19.4. The number of amides is 2. The van der Waals surface area contributed by atoms with Gasteiger partial charge in [-0.1, -0.05) is 25.1 Å². The lowest BCUT2D eigenvalue weighted by molar-refractivity contribution is -0.127. The summed E-state index contributed by atoms with van der Waals surface area (Å²) in [5, 5.41) is 5.40. The van der Waals surface area contributed by atoms with Gasteiger partial charge in [-0.2, -0.15) is 0 Å². The van der Waals surface area contributed by atoms with Crippen molar-refractivity contribution in [1.29, 1.82) is 0 Å². The highest BCUT2D eigenvalue weighted by molar-refractivity contribution is 5.87. The van der Waals surface area contributed by atoms with E-state index >= 15 is 0 Å². The molecule has 5 nitrogen and oxygen atoms in total. The first-order valence-electron chi connectivity index (χ1n) is 7.72. The summed E-state index contributed by atoms with van der Waals surface area (Å²) in [4.78, 5) is 23.2. The number of rotatable bonds is 7. The van der Waals surface area contributed by atoms with Crippen LogP contribution in [0.4, 0.5) is 0 Å². The van der Waals surface area contributed by atoms with Gasteiger partial charge in [-0.3, -0.25) is 9.59 Å². The Morgan fingerprint density at radius 1 is 1.23 bits per heavy atom. The van der Waals surface area contributed by atoms with Gasteiger partial charge in [0.2, 0.25) is 11.8 Å². The van der Waals surface area contributed by atoms with Crippen LogP contribution in [0.15, 0.2) is 18.2 Å².